The summed E-state index contributed by atoms with van der Waals surface area (Å²) in [7, 11) is 2.00. The average Bonchev–Trinajstić information content (AvgIpc) is 3.17. The Bertz CT molecular complexity index is 489. The third-order valence-electron chi connectivity index (χ3n) is 3.67. The molecule has 110 valence electrons. The van der Waals surface area contributed by atoms with Crippen molar-refractivity contribution in [1.29, 1.82) is 0 Å². The van der Waals surface area contributed by atoms with Crippen LogP contribution in [0.5, 0.6) is 0 Å². The molecule has 1 aliphatic rings. The summed E-state index contributed by atoms with van der Waals surface area (Å²) in [5.41, 5.74) is 1.08. The van der Waals surface area contributed by atoms with E-state index in [1.807, 2.05) is 19.2 Å². The van der Waals surface area contributed by atoms with Crippen LogP contribution in [0.25, 0.3) is 0 Å². The van der Waals surface area contributed by atoms with Crippen molar-refractivity contribution < 1.29 is 9.69 Å². The third-order valence-corrected chi connectivity index (χ3v) is 4.41. The van der Waals surface area contributed by atoms with E-state index in [0.717, 1.165) is 17.0 Å². The van der Waals surface area contributed by atoms with Gasteiger partial charge in [-0.25, -0.2) is 0 Å². The Balaban J connectivity index is 1.80. The molecule has 3 nitrogen and oxygen atoms in total. The second-order valence-corrected chi connectivity index (χ2v) is 6.57. The maximum absolute atomic E-state index is 11.9. The van der Waals surface area contributed by atoms with Crippen molar-refractivity contribution in [2.45, 2.75) is 32.4 Å². The molecule has 0 aromatic heterocycles. The minimum Gasteiger partial charge on any atom is -0.348 e. The molecule has 0 aliphatic heterocycles. The lowest BCUT2D eigenvalue weighted by Crippen LogP contribution is -3.09. The van der Waals surface area contributed by atoms with Crippen molar-refractivity contribution in [2.24, 2.45) is 5.92 Å². The van der Waals surface area contributed by atoms with Gasteiger partial charge in [0.05, 0.1) is 17.1 Å². The first-order valence-electron chi connectivity index (χ1n) is 7.00. The highest BCUT2D eigenvalue weighted by Gasteiger charge is 2.29. The molecular weight excluding hydrogens is 295 g/mol. The molecule has 0 spiro atoms. The minimum absolute atomic E-state index is 0.113. The summed E-state index contributed by atoms with van der Waals surface area (Å²) in [5, 5.41) is 4.19. The normalized spacial score (nSPS) is 17.6. The molecule has 0 radical (unpaired) electrons. The SMILES string of the molecule is C[C@@H](NC(=O)C[NH+](C)Cc1ccc(Cl)c(Cl)c1)C1CC1. The van der Waals surface area contributed by atoms with E-state index in [1.165, 1.54) is 12.8 Å². The molecule has 1 aromatic rings. The fraction of sp³-hybridized carbons (Fsp3) is 0.533. The number of hydrogen-bond acceptors (Lipinski definition) is 1. The monoisotopic (exact) mass is 315 g/mol. The molecule has 0 saturated heterocycles. The smallest absolute Gasteiger partial charge is 0.275 e. The summed E-state index contributed by atoms with van der Waals surface area (Å²) in [5.74, 6) is 0.802. The number of carbonyl (C=O) groups excluding carboxylic acids is 1. The topological polar surface area (TPSA) is 33.5 Å². The van der Waals surface area contributed by atoms with Gasteiger partial charge in [0.1, 0.15) is 6.54 Å². The quantitative estimate of drug-likeness (QED) is 0.826. The summed E-state index contributed by atoms with van der Waals surface area (Å²) in [4.78, 5) is 13.1. The van der Waals surface area contributed by atoms with Crippen LogP contribution in [0.15, 0.2) is 18.2 Å². The highest BCUT2D eigenvalue weighted by atomic mass is 35.5. The number of rotatable bonds is 6. The number of hydrogen-bond donors (Lipinski definition) is 2. The third kappa shape index (κ3) is 4.65. The average molecular weight is 316 g/mol. The van der Waals surface area contributed by atoms with Gasteiger partial charge in [-0.05, 0) is 37.8 Å². The molecule has 1 fully saturated rings. The molecule has 1 aromatic carbocycles. The van der Waals surface area contributed by atoms with E-state index in [-0.39, 0.29) is 5.91 Å². The predicted molar refractivity (Wildman–Crippen MR) is 82.2 cm³/mol. The zero-order valence-corrected chi connectivity index (χ0v) is 13.4. The first-order chi connectivity index (χ1) is 9.45. The van der Waals surface area contributed by atoms with E-state index in [4.69, 9.17) is 23.2 Å². The number of amides is 1. The van der Waals surface area contributed by atoms with Crippen LogP contribution in [0.2, 0.25) is 10.0 Å². The fourth-order valence-electron chi connectivity index (χ4n) is 2.35. The van der Waals surface area contributed by atoms with Gasteiger partial charge >= 0.3 is 0 Å². The molecule has 20 heavy (non-hydrogen) atoms. The Morgan fingerprint density at radius 2 is 2.10 bits per heavy atom. The Morgan fingerprint density at radius 1 is 1.40 bits per heavy atom. The van der Waals surface area contributed by atoms with Gasteiger partial charge in [-0.3, -0.25) is 4.79 Å². The van der Waals surface area contributed by atoms with Crippen molar-refractivity contribution in [1.82, 2.24) is 5.32 Å². The number of halogens is 2. The van der Waals surface area contributed by atoms with Crippen LogP contribution in [0.1, 0.15) is 25.3 Å². The van der Waals surface area contributed by atoms with E-state index < -0.39 is 0 Å². The summed E-state index contributed by atoms with van der Waals surface area (Å²) < 4.78 is 0. The van der Waals surface area contributed by atoms with Crippen molar-refractivity contribution in [3.63, 3.8) is 0 Å². The molecule has 2 atom stereocenters. The van der Waals surface area contributed by atoms with Crippen molar-refractivity contribution in [3.05, 3.63) is 33.8 Å². The second-order valence-electron chi connectivity index (χ2n) is 5.75. The van der Waals surface area contributed by atoms with Gasteiger partial charge in [-0.2, -0.15) is 0 Å². The van der Waals surface area contributed by atoms with Crippen LogP contribution >= 0.6 is 23.2 Å². The molecule has 5 heteroatoms. The van der Waals surface area contributed by atoms with Crippen LogP contribution in [0.3, 0.4) is 0 Å². The molecule has 1 aliphatic carbocycles. The lowest BCUT2D eigenvalue weighted by atomic mass is 10.2. The van der Waals surface area contributed by atoms with Crippen molar-refractivity contribution in [3.8, 4) is 0 Å². The van der Waals surface area contributed by atoms with Gasteiger partial charge in [-0.15, -0.1) is 0 Å². The zero-order chi connectivity index (χ0) is 14.7. The molecule has 2 N–H and O–H groups in total. The number of likely N-dealkylation sites (N-methyl/N-ethyl adjacent to an activating group) is 1. The summed E-state index contributed by atoms with van der Waals surface area (Å²) >= 11 is 11.9. The summed E-state index contributed by atoms with van der Waals surface area (Å²) in [6, 6.07) is 5.91. The number of quaternary nitrogens is 1. The Labute approximate surface area is 130 Å². The summed E-state index contributed by atoms with van der Waals surface area (Å²) in [6.45, 7) is 3.31. The van der Waals surface area contributed by atoms with E-state index in [9.17, 15) is 4.79 Å². The highest BCUT2D eigenvalue weighted by Crippen LogP contribution is 2.32. The molecule has 1 unspecified atom stereocenters. The van der Waals surface area contributed by atoms with Crippen LogP contribution < -0.4 is 10.2 Å². The fourth-order valence-corrected chi connectivity index (χ4v) is 2.67. The predicted octanol–water partition coefficient (Wildman–Crippen LogP) is 1.92. The van der Waals surface area contributed by atoms with Crippen molar-refractivity contribution >= 4 is 29.1 Å². The van der Waals surface area contributed by atoms with Gasteiger partial charge in [0.2, 0.25) is 0 Å². The first kappa shape index (κ1) is 15.6. The van der Waals surface area contributed by atoms with Crippen molar-refractivity contribution in [2.75, 3.05) is 13.6 Å². The summed E-state index contributed by atoms with van der Waals surface area (Å²) in [6.07, 6.45) is 2.49. The van der Waals surface area contributed by atoms with Crippen LogP contribution in [-0.4, -0.2) is 25.5 Å². The van der Waals surface area contributed by atoms with Gasteiger partial charge in [0.25, 0.3) is 5.91 Å². The zero-order valence-electron chi connectivity index (χ0n) is 11.9. The Morgan fingerprint density at radius 3 is 2.70 bits per heavy atom. The van der Waals surface area contributed by atoms with Crippen LogP contribution in [-0.2, 0) is 11.3 Å². The molecule has 1 amide bonds. The van der Waals surface area contributed by atoms with Crippen LogP contribution in [0, 0.1) is 5.92 Å². The Kier molecular flexibility index (Phi) is 5.30. The maximum Gasteiger partial charge on any atom is 0.275 e. The first-order valence-corrected chi connectivity index (χ1v) is 7.76. The minimum atomic E-state index is 0.113. The van der Waals surface area contributed by atoms with Gasteiger partial charge in [-0.1, -0.05) is 29.3 Å². The van der Waals surface area contributed by atoms with E-state index in [1.54, 1.807) is 6.07 Å². The number of carbonyl (C=O) groups is 1. The maximum atomic E-state index is 11.9. The highest BCUT2D eigenvalue weighted by molar-refractivity contribution is 6.42. The number of nitrogens with one attached hydrogen (secondary N) is 2. The molecule has 1 saturated carbocycles. The molecule has 0 bridgehead atoms. The molecular formula is C15H21Cl2N2O+. The lowest BCUT2D eigenvalue weighted by molar-refractivity contribution is -0.885. The van der Waals surface area contributed by atoms with E-state index >= 15 is 0 Å². The van der Waals surface area contributed by atoms with Gasteiger partial charge < -0.3 is 10.2 Å². The molecule has 2 rings (SSSR count). The van der Waals surface area contributed by atoms with Crippen LogP contribution in [0.4, 0.5) is 0 Å². The Hall–Kier alpha value is -0.770. The van der Waals surface area contributed by atoms with E-state index in [2.05, 4.69) is 12.2 Å². The second kappa shape index (κ2) is 6.79. The van der Waals surface area contributed by atoms with Gasteiger partial charge in [0, 0.05) is 11.6 Å². The number of benzene rings is 1. The molecule has 0 heterocycles. The lowest BCUT2D eigenvalue weighted by Gasteiger charge is -2.17. The van der Waals surface area contributed by atoms with Gasteiger partial charge in [0.15, 0.2) is 6.54 Å². The van der Waals surface area contributed by atoms with E-state index in [0.29, 0.717) is 28.5 Å². The largest absolute Gasteiger partial charge is 0.348 e. The standard InChI is InChI=1S/C15H20Cl2N2O/c1-10(12-4-5-12)18-15(20)9-19(2)8-11-3-6-13(16)14(17)7-11/h3,6-7,10,12H,4-5,8-9H2,1-2H3,(H,18,20)/p+1/t10-/m1/s1.